The molecule has 5 heteroatoms. The maximum Gasteiger partial charge on any atom is 0.352 e. The molecule has 0 atom stereocenters. The Morgan fingerprint density at radius 3 is 1.67 bits per heavy atom. The molecule has 0 N–H and O–H groups in total. The summed E-state index contributed by atoms with van der Waals surface area (Å²) in [7, 11) is -1.90. The van der Waals surface area contributed by atoms with Crippen LogP contribution < -0.4 is 0 Å². The van der Waals surface area contributed by atoms with Crippen LogP contribution in [0.5, 0.6) is 0 Å². The van der Waals surface area contributed by atoms with Gasteiger partial charge in [0.2, 0.25) is 0 Å². The molecule has 0 aliphatic rings. The van der Waals surface area contributed by atoms with E-state index in [9.17, 15) is 4.57 Å². The molecule has 0 amide bonds. The first-order valence-electron chi connectivity index (χ1n) is 3.69. The monoisotopic (exact) mass is 208 g/mol. The maximum absolute atomic E-state index is 11.8. The molecule has 0 unspecified atom stereocenters. The van der Waals surface area contributed by atoms with Crippen LogP contribution in [0.3, 0.4) is 0 Å². The van der Waals surface area contributed by atoms with Crippen molar-refractivity contribution < 1.29 is 13.6 Å². The van der Waals surface area contributed by atoms with E-state index in [1.807, 2.05) is 0 Å². The van der Waals surface area contributed by atoms with Gasteiger partial charge in [0.05, 0.1) is 8.07 Å². The molecule has 12 heavy (non-hydrogen) atoms. The first-order chi connectivity index (χ1) is 5.28. The molecule has 3 nitrogen and oxygen atoms in total. The summed E-state index contributed by atoms with van der Waals surface area (Å²) in [5, 5.41) is 0. The van der Waals surface area contributed by atoms with Gasteiger partial charge in [-0.05, 0) is 0 Å². The summed E-state index contributed by atoms with van der Waals surface area (Å²) in [5.41, 5.74) is 0. The third-order valence-electron chi connectivity index (χ3n) is 1.68. The first kappa shape index (κ1) is 12.1. The molecule has 0 saturated carbocycles. The van der Waals surface area contributed by atoms with Crippen LogP contribution in [0.15, 0.2) is 11.5 Å². The number of hydrogen-bond acceptors (Lipinski definition) is 3. The average molecular weight is 208 g/mol. The van der Waals surface area contributed by atoms with E-state index in [2.05, 4.69) is 26.2 Å². The lowest BCUT2D eigenvalue weighted by atomic mass is 11.2. The minimum absolute atomic E-state index is 0.639. The summed E-state index contributed by atoms with van der Waals surface area (Å²) in [5.74, 6) is 0. The van der Waals surface area contributed by atoms with Crippen molar-refractivity contribution in [3.05, 3.63) is 11.5 Å². The minimum Gasteiger partial charge on any atom is -0.309 e. The highest BCUT2D eigenvalue weighted by molar-refractivity contribution is 7.62. The SMILES string of the molecule is C=C([Si](C)(C)C)P(=O)(OC)OC. The molecule has 0 aromatic carbocycles. The van der Waals surface area contributed by atoms with Crippen LogP contribution in [0.25, 0.3) is 0 Å². The quantitative estimate of drug-likeness (QED) is 0.526. The zero-order valence-corrected chi connectivity index (χ0v) is 10.3. The van der Waals surface area contributed by atoms with E-state index in [4.69, 9.17) is 9.05 Å². The van der Waals surface area contributed by atoms with Crippen molar-refractivity contribution in [3.63, 3.8) is 0 Å². The van der Waals surface area contributed by atoms with Gasteiger partial charge in [-0.2, -0.15) is 0 Å². The molecule has 0 aromatic heterocycles. The van der Waals surface area contributed by atoms with Gasteiger partial charge in [-0.3, -0.25) is 4.57 Å². The van der Waals surface area contributed by atoms with E-state index in [1.165, 1.54) is 14.2 Å². The van der Waals surface area contributed by atoms with Gasteiger partial charge >= 0.3 is 7.60 Å². The Labute approximate surface area is 75.3 Å². The molecule has 0 bridgehead atoms. The lowest BCUT2D eigenvalue weighted by molar-refractivity contribution is 0.285. The Balaban J connectivity index is 4.80. The fourth-order valence-corrected chi connectivity index (χ4v) is 5.13. The lowest BCUT2D eigenvalue weighted by Crippen LogP contribution is -2.23. The van der Waals surface area contributed by atoms with Crippen LogP contribution in [0.1, 0.15) is 0 Å². The highest BCUT2D eigenvalue weighted by Gasteiger charge is 2.35. The largest absolute Gasteiger partial charge is 0.352 e. The fourth-order valence-electron chi connectivity index (χ4n) is 0.706. The molecule has 0 saturated heterocycles. The topological polar surface area (TPSA) is 35.5 Å². The van der Waals surface area contributed by atoms with Crippen molar-refractivity contribution >= 4 is 15.7 Å². The minimum atomic E-state index is -3.03. The third-order valence-corrected chi connectivity index (χ3v) is 7.87. The maximum atomic E-state index is 11.8. The van der Waals surface area contributed by atoms with Crippen LogP contribution in [-0.4, -0.2) is 22.3 Å². The van der Waals surface area contributed by atoms with Crippen LogP contribution in [-0.2, 0) is 13.6 Å². The summed E-state index contributed by atoms with van der Waals surface area (Å²) in [4.78, 5) is 0.639. The summed E-state index contributed by atoms with van der Waals surface area (Å²) < 4.78 is 21.5. The molecule has 0 fully saturated rings. The zero-order valence-electron chi connectivity index (χ0n) is 8.38. The highest BCUT2D eigenvalue weighted by Crippen LogP contribution is 2.56. The standard InChI is InChI=1S/C7H17O3PSi/c1-7(12(4,5)6)11(8,9-2)10-3/h1H2,2-6H3. The van der Waals surface area contributed by atoms with Gasteiger partial charge < -0.3 is 9.05 Å². The van der Waals surface area contributed by atoms with Gasteiger partial charge in [0.1, 0.15) is 0 Å². The Kier molecular flexibility index (Phi) is 3.91. The van der Waals surface area contributed by atoms with Crippen LogP contribution in [0.2, 0.25) is 19.6 Å². The molecular formula is C7H17O3PSi. The summed E-state index contributed by atoms with van der Waals surface area (Å²) >= 11 is 0. The van der Waals surface area contributed by atoms with Crippen LogP contribution in [0, 0.1) is 0 Å². The molecule has 0 heterocycles. The molecular weight excluding hydrogens is 191 g/mol. The molecule has 0 aliphatic carbocycles. The summed E-state index contributed by atoms with van der Waals surface area (Å²) in [6, 6.07) is 0. The molecule has 72 valence electrons. The Morgan fingerprint density at radius 2 is 1.58 bits per heavy atom. The molecule has 0 aromatic rings. The van der Waals surface area contributed by atoms with E-state index in [0.29, 0.717) is 4.94 Å². The van der Waals surface area contributed by atoms with E-state index in [1.54, 1.807) is 0 Å². The molecule has 0 aliphatic heterocycles. The molecule has 0 spiro atoms. The Hall–Kier alpha value is 0.107. The summed E-state index contributed by atoms with van der Waals surface area (Å²) in [6.45, 7) is 9.96. The third kappa shape index (κ3) is 2.56. The normalized spacial score (nSPS) is 13.1. The molecule has 0 radical (unpaired) electrons. The van der Waals surface area contributed by atoms with Gasteiger partial charge in [0.25, 0.3) is 0 Å². The molecule has 0 rings (SSSR count). The van der Waals surface area contributed by atoms with E-state index < -0.39 is 15.7 Å². The Morgan fingerprint density at radius 1 is 1.25 bits per heavy atom. The van der Waals surface area contributed by atoms with E-state index in [0.717, 1.165) is 0 Å². The second-order valence-corrected chi connectivity index (χ2v) is 11.3. The Bertz CT molecular complexity index is 211. The summed E-state index contributed by atoms with van der Waals surface area (Å²) in [6.07, 6.45) is 0. The van der Waals surface area contributed by atoms with Crippen LogP contribution in [0.4, 0.5) is 0 Å². The van der Waals surface area contributed by atoms with Gasteiger partial charge in [-0.1, -0.05) is 26.2 Å². The second-order valence-electron chi connectivity index (χ2n) is 3.56. The van der Waals surface area contributed by atoms with Crippen molar-refractivity contribution in [1.82, 2.24) is 0 Å². The second kappa shape index (κ2) is 3.88. The van der Waals surface area contributed by atoms with Crippen molar-refractivity contribution in [2.75, 3.05) is 14.2 Å². The highest BCUT2D eigenvalue weighted by atomic mass is 31.2. The van der Waals surface area contributed by atoms with Crippen molar-refractivity contribution in [1.29, 1.82) is 0 Å². The van der Waals surface area contributed by atoms with Gasteiger partial charge in [-0.25, -0.2) is 0 Å². The smallest absolute Gasteiger partial charge is 0.309 e. The van der Waals surface area contributed by atoms with Gasteiger partial charge in [0.15, 0.2) is 0 Å². The van der Waals surface area contributed by atoms with Crippen LogP contribution >= 0.6 is 7.60 Å². The number of hydrogen-bond donors (Lipinski definition) is 0. The van der Waals surface area contributed by atoms with Crippen molar-refractivity contribution in [2.24, 2.45) is 0 Å². The first-order valence-corrected chi connectivity index (χ1v) is 8.73. The van der Waals surface area contributed by atoms with Gasteiger partial charge in [0, 0.05) is 19.2 Å². The lowest BCUT2D eigenvalue weighted by Gasteiger charge is -2.24. The van der Waals surface area contributed by atoms with Crippen molar-refractivity contribution in [3.8, 4) is 0 Å². The fraction of sp³-hybridized carbons (Fsp3) is 0.714. The zero-order chi connectivity index (χ0) is 9.99. The predicted molar refractivity (Wildman–Crippen MR) is 54.1 cm³/mol. The van der Waals surface area contributed by atoms with E-state index in [-0.39, 0.29) is 0 Å². The van der Waals surface area contributed by atoms with Crippen molar-refractivity contribution in [2.45, 2.75) is 19.6 Å². The predicted octanol–water partition coefficient (Wildman–Crippen LogP) is 2.86. The van der Waals surface area contributed by atoms with E-state index >= 15 is 0 Å². The van der Waals surface area contributed by atoms with Gasteiger partial charge in [-0.15, -0.1) is 0 Å². The number of rotatable bonds is 4. The average Bonchev–Trinajstić information content (AvgIpc) is 2.00.